The fraction of sp³-hybridized carbons (Fsp3) is 0.188. The van der Waals surface area contributed by atoms with Crippen LogP contribution in [0, 0.1) is 13.8 Å². The summed E-state index contributed by atoms with van der Waals surface area (Å²) in [5.74, 6) is 1.02. The van der Waals surface area contributed by atoms with Crippen molar-refractivity contribution in [1.82, 2.24) is 15.0 Å². The zero-order valence-corrected chi connectivity index (χ0v) is 12.1. The normalized spacial score (nSPS) is 10.8. The first kappa shape index (κ1) is 13.3. The van der Waals surface area contributed by atoms with Gasteiger partial charge in [0.2, 0.25) is 5.95 Å². The van der Waals surface area contributed by atoms with Crippen LogP contribution < -0.4 is 11.1 Å². The molecule has 0 unspecified atom stereocenters. The van der Waals surface area contributed by atoms with Gasteiger partial charge in [-0.15, -0.1) is 0 Å². The Hall–Kier alpha value is -2.69. The summed E-state index contributed by atoms with van der Waals surface area (Å²) >= 11 is 0. The van der Waals surface area contributed by atoms with E-state index in [4.69, 9.17) is 5.73 Å². The van der Waals surface area contributed by atoms with Crippen LogP contribution in [0.2, 0.25) is 0 Å². The molecule has 3 N–H and O–H groups in total. The van der Waals surface area contributed by atoms with E-state index >= 15 is 0 Å². The molecule has 5 nitrogen and oxygen atoms in total. The van der Waals surface area contributed by atoms with E-state index in [0.29, 0.717) is 6.54 Å². The molecule has 0 aliphatic carbocycles. The van der Waals surface area contributed by atoms with E-state index < -0.39 is 0 Å². The summed E-state index contributed by atoms with van der Waals surface area (Å²) in [7, 11) is 0. The van der Waals surface area contributed by atoms with Crippen molar-refractivity contribution in [2.24, 2.45) is 0 Å². The maximum atomic E-state index is 5.68. The molecule has 21 heavy (non-hydrogen) atoms. The average Bonchev–Trinajstić information content (AvgIpc) is 2.45. The Bertz CT molecular complexity index is 778. The number of pyridine rings is 1. The standard InChI is InChI=1S/C16H17N5/c1-10-5-6-14-12(4-3-7-18-14)13(10)9-19-15-8-11(2)20-16(17)21-15/h3-8H,9H2,1-2H3,(H3,17,19,20,21). The fourth-order valence-electron chi connectivity index (χ4n) is 2.42. The lowest BCUT2D eigenvalue weighted by Gasteiger charge is -2.12. The highest BCUT2D eigenvalue weighted by Crippen LogP contribution is 2.21. The van der Waals surface area contributed by atoms with Gasteiger partial charge in [0.15, 0.2) is 0 Å². The molecule has 3 rings (SSSR count). The van der Waals surface area contributed by atoms with Gasteiger partial charge in [0.05, 0.1) is 5.52 Å². The number of nitrogens with zero attached hydrogens (tertiary/aromatic N) is 3. The number of rotatable bonds is 3. The van der Waals surface area contributed by atoms with E-state index in [1.807, 2.05) is 31.3 Å². The highest BCUT2D eigenvalue weighted by Gasteiger charge is 2.06. The van der Waals surface area contributed by atoms with Crippen LogP contribution in [0.3, 0.4) is 0 Å². The van der Waals surface area contributed by atoms with Gasteiger partial charge < -0.3 is 11.1 Å². The van der Waals surface area contributed by atoms with Crippen LogP contribution in [-0.4, -0.2) is 15.0 Å². The van der Waals surface area contributed by atoms with Crippen molar-refractivity contribution < 1.29 is 0 Å². The van der Waals surface area contributed by atoms with Crippen molar-refractivity contribution in [1.29, 1.82) is 0 Å². The Morgan fingerprint density at radius 1 is 1.14 bits per heavy atom. The highest BCUT2D eigenvalue weighted by atomic mass is 15.1. The number of nitrogen functional groups attached to an aromatic ring is 1. The molecule has 2 aromatic heterocycles. The van der Waals surface area contributed by atoms with Crippen LogP contribution in [0.5, 0.6) is 0 Å². The van der Waals surface area contributed by atoms with Crippen molar-refractivity contribution in [2.45, 2.75) is 20.4 Å². The van der Waals surface area contributed by atoms with E-state index in [-0.39, 0.29) is 5.95 Å². The predicted octanol–water partition coefficient (Wildman–Crippen LogP) is 2.84. The second-order valence-electron chi connectivity index (χ2n) is 5.04. The first-order valence-electron chi connectivity index (χ1n) is 6.82. The molecule has 0 aliphatic heterocycles. The summed E-state index contributed by atoms with van der Waals surface area (Å²) in [5.41, 5.74) is 9.97. The van der Waals surface area contributed by atoms with Gasteiger partial charge in [-0.3, -0.25) is 4.98 Å². The molecule has 0 fully saturated rings. The molecule has 0 amide bonds. The molecule has 106 valence electrons. The Labute approximate surface area is 123 Å². The summed E-state index contributed by atoms with van der Waals surface area (Å²) in [4.78, 5) is 12.7. The van der Waals surface area contributed by atoms with Crippen molar-refractivity contribution in [2.75, 3.05) is 11.1 Å². The number of benzene rings is 1. The number of nitrogens with two attached hydrogens (primary N) is 1. The van der Waals surface area contributed by atoms with Gasteiger partial charge in [-0.2, -0.15) is 4.98 Å². The lowest BCUT2D eigenvalue weighted by molar-refractivity contribution is 1.06. The van der Waals surface area contributed by atoms with Crippen molar-refractivity contribution >= 4 is 22.7 Å². The van der Waals surface area contributed by atoms with Crippen LogP contribution in [0.1, 0.15) is 16.8 Å². The quantitative estimate of drug-likeness (QED) is 0.771. The smallest absolute Gasteiger partial charge is 0.222 e. The summed E-state index contributed by atoms with van der Waals surface area (Å²) in [6, 6.07) is 10.1. The average molecular weight is 279 g/mol. The van der Waals surface area contributed by atoms with Crippen LogP contribution >= 0.6 is 0 Å². The second kappa shape index (κ2) is 5.36. The summed E-state index contributed by atoms with van der Waals surface area (Å²) < 4.78 is 0. The van der Waals surface area contributed by atoms with Crippen LogP contribution in [-0.2, 0) is 6.54 Å². The summed E-state index contributed by atoms with van der Waals surface area (Å²) in [6.07, 6.45) is 1.81. The van der Waals surface area contributed by atoms with E-state index in [9.17, 15) is 0 Å². The fourth-order valence-corrected chi connectivity index (χ4v) is 2.42. The molecule has 3 aromatic rings. The molecule has 0 saturated heterocycles. The lowest BCUT2D eigenvalue weighted by atomic mass is 10.0. The predicted molar refractivity (Wildman–Crippen MR) is 85.0 cm³/mol. The highest BCUT2D eigenvalue weighted by molar-refractivity contribution is 5.83. The molecule has 5 heteroatoms. The zero-order chi connectivity index (χ0) is 14.8. The van der Waals surface area contributed by atoms with Crippen molar-refractivity contribution in [3.63, 3.8) is 0 Å². The van der Waals surface area contributed by atoms with Gasteiger partial charge in [-0.05, 0) is 37.1 Å². The van der Waals surface area contributed by atoms with Gasteiger partial charge in [-0.25, -0.2) is 4.98 Å². The maximum absolute atomic E-state index is 5.68. The van der Waals surface area contributed by atoms with Gasteiger partial charge in [0.1, 0.15) is 5.82 Å². The van der Waals surface area contributed by atoms with Gasteiger partial charge >= 0.3 is 0 Å². The Kier molecular flexibility index (Phi) is 3.39. The Morgan fingerprint density at radius 2 is 2.00 bits per heavy atom. The monoisotopic (exact) mass is 279 g/mol. The topological polar surface area (TPSA) is 76.7 Å². The number of hydrogen-bond acceptors (Lipinski definition) is 5. The number of aromatic nitrogens is 3. The second-order valence-corrected chi connectivity index (χ2v) is 5.04. The minimum atomic E-state index is 0.286. The third-order valence-electron chi connectivity index (χ3n) is 3.45. The molecule has 0 radical (unpaired) electrons. The van der Waals surface area contributed by atoms with Crippen LogP contribution in [0.15, 0.2) is 36.5 Å². The van der Waals surface area contributed by atoms with Crippen molar-refractivity contribution in [3.8, 4) is 0 Å². The van der Waals surface area contributed by atoms with Gasteiger partial charge in [0.25, 0.3) is 0 Å². The molecule has 2 heterocycles. The molecule has 0 spiro atoms. The van der Waals surface area contributed by atoms with Gasteiger partial charge in [-0.1, -0.05) is 12.1 Å². The molecule has 0 atom stereocenters. The third kappa shape index (κ3) is 2.76. The number of hydrogen-bond donors (Lipinski definition) is 2. The van der Waals surface area contributed by atoms with Crippen LogP contribution in [0.4, 0.5) is 11.8 Å². The Morgan fingerprint density at radius 3 is 2.81 bits per heavy atom. The minimum absolute atomic E-state index is 0.286. The minimum Gasteiger partial charge on any atom is -0.368 e. The first-order valence-corrected chi connectivity index (χ1v) is 6.82. The first-order chi connectivity index (χ1) is 10.1. The number of nitrogens with one attached hydrogen (secondary N) is 1. The molecule has 0 saturated carbocycles. The van der Waals surface area contributed by atoms with E-state index in [2.05, 4.69) is 39.3 Å². The lowest BCUT2D eigenvalue weighted by Crippen LogP contribution is -2.06. The molecule has 0 aliphatic rings. The molecule has 1 aromatic carbocycles. The number of fused-ring (bicyclic) bond motifs is 1. The SMILES string of the molecule is Cc1cc(NCc2c(C)ccc3ncccc23)nc(N)n1. The van der Waals surface area contributed by atoms with Crippen LogP contribution in [0.25, 0.3) is 10.9 Å². The largest absolute Gasteiger partial charge is 0.368 e. The Balaban J connectivity index is 1.93. The molecular formula is C16H17N5. The summed E-state index contributed by atoms with van der Waals surface area (Å²) in [6.45, 7) is 4.67. The zero-order valence-electron chi connectivity index (χ0n) is 12.1. The van der Waals surface area contributed by atoms with Gasteiger partial charge in [0, 0.05) is 29.9 Å². The molecule has 0 bridgehead atoms. The maximum Gasteiger partial charge on any atom is 0.222 e. The van der Waals surface area contributed by atoms with E-state index in [0.717, 1.165) is 22.4 Å². The van der Waals surface area contributed by atoms with E-state index in [1.54, 1.807) is 0 Å². The molecular weight excluding hydrogens is 262 g/mol. The number of anilines is 2. The third-order valence-corrected chi connectivity index (χ3v) is 3.45. The number of aryl methyl sites for hydroxylation is 2. The van der Waals surface area contributed by atoms with E-state index in [1.165, 1.54) is 11.1 Å². The van der Waals surface area contributed by atoms with Crippen molar-refractivity contribution in [3.05, 3.63) is 53.3 Å². The summed E-state index contributed by atoms with van der Waals surface area (Å²) in [5, 5.41) is 4.47.